The molecular formula is C31H45N7O5. The van der Waals surface area contributed by atoms with Gasteiger partial charge in [-0.15, -0.1) is 0 Å². The zero-order valence-electron chi connectivity index (χ0n) is 27.0. The number of nitrogens with zero attached hydrogens (tertiary/aromatic N) is 7. The SMILES string of the molecule is CC(=O)c1cccc(CN(C)C)n1.CCc1cccc(C(=O)N(C)OC)n1.CON(C)C(=O)c1cccc(CN(C)C)n1. The normalized spacial score (nSPS) is 10.3. The number of rotatable bonds is 10. The average Bonchev–Trinajstić information content (AvgIpc) is 2.99. The third-order valence-electron chi connectivity index (χ3n) is 5.66. The molecule has 0 radical (unpaired) electrons. The van der Waals surface area contributed by atoms with Gasteiger partial charge in [0.25, 0.3) is 11.8 Å². The molecule has 0 saturated carbocycles. The Bertz CT molecular complexity index is 1320. The molecule has 12 heteroatoms. The van der Waals surface area contributed by atoms with Gasteiger partial charge in [-0.05, 0) is 71.0 Å². The molecule has 234 valence electrons. The van der Waals surface area contributed by atoms with E-state index in [1.807, 2.05) is 81.3 Å². The highest BCUT2D eigenvalue weighted by atomic mass is 16.7. The summed E-state index contributed by atoms with van der Waals surface area (Å²) in [6.45, 7) is 5.00. The first-order valence-electron chi connectivity index (χ1n) is 13.6. The third kappa shape index (κ3) is 13.6. The van der Waals surface area contributed by atoms with Crippen molar-refractivity contribution in [3.8, 4) is 0 Å². The average molecular weight is 596 g/mol. The van der Waals surface area contributed by atoms with Gasteiger partial charge in [0.1, 0.15) is 17.1 Å². The Labute approximate surface area is 255 Å². The number of Topliss-reactive ketones (excluding diaryl/α,β-unsaturated/α-hetero) is 1. The topological polar surface area (TPSA) is 121 Å². The summed E-state index contributed by atoms with van der Waals surface area (Å²) in [6, 6.07) is 16.3. The summed E-state index contributed by atoms with van der Waals surface area (Å²) in [5, 5.41) is 2.31. The molecular weight excluding hydrogens is 550 g/mol. The molecule has 12 nitrogen and oxygen atoms in total. The van der Waals surface area contributed by atoms with E-state index in [4.69, 9.17) is 9.68 Å². The van der Waals surface area contributed by atoms with Crippen molar-refractivity contribution in [2.45, 2.75) is 33.4 Å². The predicted molar refractivity (Wildman–Crippen MR) is 165 cm³/mol. The van der Waals surface area contributed by atoms with Crippen LogP contribution < -0.4 is 0 Å². The molecule has 0 aliphatic heterocycles. The molecule has 0 bridgehead atoms. The fourth-order valence-electron chi connectivity index (χ4n) is 3.38. The van der Waals surface area contributed by atoms with Gasteiger partial charge in [-0.2, -0.15) is 0 Å². The number of carbonyl (C=O) groups excluding carboxylic acids is 3. The van der Waals surface area contributed by atoms with Gasteiger partial charge < -0.3 is 9.80 Å². The van der Waals surface area contributed by atoms with Crippen LogP contribution in [0.2, 0.25) is 0 Å². The van der Waals surface area contributed by atoms with Gasteiger partial charge in [-0.3, -0.25) is 24.1 Å². The lowest BCUT2D eigenvalue weighted by Crippen LogP contribution is -2.26. The number of amides is 2. The van der Waals surface area contributed by atoms with E-state index in [1.165, 1.54) is 21.1 Å². The number of carbonyl (C=O) groups is 3. The summed E-state index contributed by atoms with van der Waals surface area (Å²) in [5.74, 6) is -0.466. The lowest BCUT2D eigenvalue weighted by molar-refractivity contribution is -0.0760. The van der Waals surface area contributed by atoms with Gasteiger partial charge in [0, 0.05) is 39.8 Å². The van der Waals surface area contributed by atoms with E-state index in [2.05, 4.69) is 15.0 Å². The number of pyridine rings is 3. The molecule has 3 aromatic rings. The Morgan fingerprint density at radius 3 is 1.30 bits per heavy atom. The molecule has 0 spiro atoms. The molecule has 0 saturated heterocycles. The van der Waals surface area contributed by atoms with E-state index in [0.29, 0.717) is 23.6 Å². The van der Waals surface area contributed by atoms with Crippen LogP contribution in [0.15, 0.2) is 54.6 Å². The molecule has 43 heavy (non-hydrogen) atoms. The summed E-state index contributed by atoms with van der Waals surface area (Å²) in [7, 11) is 13.9. The highest BCUT2D eigenvalue weighted by Crippen LogP contribution is 2.05. The fraction of sp³-hybridized carbons (Fsp3) is 0.419. The highest BCUT2D eigenvalue weighted by Gasteiger charge is 2.14. The quantitative estimate of drug-likeness (QED) is 0.255. The maximum Gasteiger partial charge on any atom is 0.295 e. The number of aromatic nitrogens is 3. The van der Waals surface area contributed by atoms with Crippen LogP contribution in [0.25, 0.3) is 0 Å². The molecule has 2 amide bonds. The highest BCUT2D eigenvalue weighted by molar-refractivity contribution is 5.92. The maximum atomic E-state index is 11.7. The van der Waals surface area contributed by atoms with E-state index in [1.54, 1.807) is 32.3 Å². The Morgan fingerprint density at radius 2 is 0.953 bits per heavy atom. The minimum atomic E-state index is -0.247. The second-order valence-corrected chi connectivity index (χ2v) is 9.90. The van der Waals surface area contributed by atoms with E-state index in [9.17, 15) is 14.4 Å². The van der Waals surface area contributed by atoms with Crippen LogP contribution >= 0.6 is 0 Å². The Hall–Kier alpha value is -4.10. The van der Waals surface area contributed by atoms with Gasteiger partial charge >= 0.3 is 0 Å². The van der Waals surface area contributed by atoms with Crippen LogP contribution in [-0.4, -0.2) is 109 Å². The fourth-order valence-corrected chi connectivity index (χ4v) is 3.38. The maximum absolute atomic E-state index is 11.7. The standard InChI is InChI=1S/C11H17N3O2.C10H14N2O2.C10H14N2O/c1-13(2)8-9-6-5-7-10(12-9)11(15)14(3)16-4;1-4-8-6-5-7-9(11-8)10(13)12(2)14-3;1-8(13)10-6-4-5-9(11-10)7-12(2)3/h5-7H,8H2,1-4H3;5-7H,4H2,1-3H3;4-6H,7H2,1-3H3. The number of hydrogen-bond acceptors (Lipinski definition) is 10. The van der Waals surface area contributed by atoms with Crippen molar-refractivity contribution in [3.63, 3.8) is 0 Å². The van der Waals surface area contributed by atoms with E-state index in [-0.39, 0.29) is 17.6 Å². The Balaban J connectivity index is 0.000000324. The molecule has 0 N–H and O–H groups in total. The summed E-state index contributed by atoms with van der Waals surface area (Å²) in [5.41, 5.74) is 4.04. The van der Waals surface area contributed by atoms with Crippen molar-refractivity contribution in [2.75, 3.05) is 56.5 Å². The number of hydrogen-bond donors (Lipinski definition) is 0. The minimum absolute atomic E-state index is 0.0145. The summed E-state index contributed by atoms with van der Waals surface area (Å²) >= 11 is 0. The Kier molecular flexibility index (Phi) is 16.5. The second-order valence-electron chi connectivity index (χ2n) is 9.90. The molecule has 3 heterocycles. The summed E-state index contributed by atoms with van der Waals surface area (Å²) in [4.78, 5) is 60.6. The van der Waals surface area contributed by atoms with Gasteiger partial charge in [0.2, 0.25) is 0 Å². The molecule has 0 aliphatic rings. The number of hydroxylamine groups is 4. The predicted octanol–water partition coefficient (Wildman–Crippen LogP) is 3.40. The summed E-state index contributed by atoms with van der Waals surface area (Å²) in [6.07, 6.45) is 0.817. The van der Waals surface area contributed by atoms with E-state index in [0.717, 1.165) is 40.2 Å². The van der Waals surface area contributed by atoms with Gasteiger partial charge in [0.05, 0.1) is 25.6 Å². The largest absolute Gasteiger partial charge is 0.304 e. The number of ketones is 1. The van der Waals surface area contributed by atoms with Crippen molar-refractivity contribution < 1.29 is 24.1 Å². The van der Waals surface area contributed by atoms with Gasteiger partial charge in [0.15, 0.2) is 5.78 Å². The Morgan fingerprint density at radius 1 is 0.605 bits per heavy atom. The van der Waals surface area contributed by atoms with Crippen LogP contribution in [0.3, 0.4) is 0 Å². The lowest BCUT2D eigenvalue weighted by atomic mass is 10.2. The van der Waals surface area contributed by atoms with Crippen LogP contribution in [0.5, 0.6) is 0 Å². The van der Waals surface area contributed by atoms with Crippen molar-refractivity contribution >= 4 is 17.6 Å². The molecule has 3 aromatic heterocycles. The van der Waals surface area contributed by atoms with Crippen molar-refractivity contribution in [1.82, 2.24) is 34.9 Å². The summed E-state index contributed by atoms with van der Waals surface area (Å²) < 4.78 is 0. The van der Waals surface area contributed by atoms with Crippen LogP contribution in [-0.2, 0) is 29.2 Å². The lowest BCUT2D eigenvalue weighted by Gasteiger charge is -2.14. The first kappa shape index (κ1) is 36.9. The van der Waals surface area contributed by atoms with E-state index < -0.39 is 0 Å². The molecule has 0 atom stereocenters. The molecule has 0 aromatic carbocycles. The third-order valence-corrected chi connectivity index (χ3v) is 5.66. The first-order chi connectivity index (χ1) is 20.3. The zero-order valence-corrected chi connectivity index (χ0v) is 27.0. The minimum Gasteiger partial charge on any atom is -0.304 e. The van der Waals surface area contributed by atoms with E-state index >= 15 is 0 Å². The van der Waals surface area contributed by atoms with Crippen LogP contribution in [0.4, 0.5) is 0 Å². The van der Waals surface area contributed by atoms with Crippen molar-refractivity contribution in [3.05, 3.63) is 88.8 Å². The molecule has 0 unspecified atom stereocenters. The number of aryl methyl sites for hydroxylation is 1. The smallest absolute Gasteiger partial charge is 0.295 e. The molecule has 0 fully saturated rings. The monoisotopic (exact) mass is 595 g/mol. The first-order valence-corrected chi connectivity index (χ1v) is 13.6. The van der Waals surface area contributed by atoms with Crippen LogP contribution in [0.1, 0.15) is 62.4 Å². The van der Waals surface area contributed by atoms with Crippen molar-refractivity contribution in [1.29, 1.82) is 0 Å². The van der Waals surface area contributed by atoms with Gasteiger partial charge in [-0.1, -0.05) is 25.1 Å². The molecule has 0 aliphatic carbocycles. The van der Waals surface area contributed by atoms with Gasteiger partial charge in [-0.25, -0.2) is 25.1 Å². The molecule has 3 rings (SSSR count). The second kappa shape index (κ2) is 19.2. The van der Waals surface area contributed by atoms with Crippen molar-refractivity contribution in [2.24, 2.45) is 0 Å². The van der Waals surface area contributed by atoms with Crippen LogP contribution in [0, 0.1) is 0 Å². The zero-order chi connectivity index (χ0) is 32.5.